The van der Waals surface area contributed by atoms with Crippen molar-refractivity contribution in [2.75, 3.05) is 0 Å². The highest BCUT2D eigenvalue weighted by atomic mass is 14.7. The van der Waals surface area contributed by atoms with E-state index in [0.717, 1.165) is 17.8 Å². The van der Waals surface area contributed by atoms with Crippen molar-refractivity contribution in [2.45, 2.75) is 32.2 Å². The van der Waals surface area contributed by atoms with E-state index in [1.807, 2.05) is 0 Å². The summed E-state index contributed by atoms with van der Waals surface area (Å²) in [5, 5.41) is 0. The zero-order chi connectivity index (χ0) is 6.43. The first-order valence-electron chi connectivity index (χ1n) is 4.04. The van der Waals surface area contributed by atoms with Gasteiger partial charge >= 0.3 is 0 Å². The Labute approximate surface area is 56.6 Å². The summed E-state index contributed by atoms with van der Waals surface area (Å²) in [5.41, 5.74) is 5.91. The van der Waals surface area contributed by atoms with Crippen LogP contribution >= 0.6 is 0 Å². The van der Waals surface area contributed by atoms with Crippen LogP contribution in [0, 0.1) is 17.8 Å². The first kappa shape index (κ1) is 5.72. The van der Waals surface area contributed by atoms with Crippen molar-refractivity contribution in [2.24, 2.45) is 23.5 Å². The van der Waals surface area contributed by atoms with E-state index in [9.17, 15) is 0 Å². The van der Waals surface area contributed by atoms with E-state index < -0.39 is 0 Å². The molecule has 0 aromatic rings. The lowest BCUT2D eigenvalue weighted by atomic mass is 9.67. The van der Waals surface area contributed by atoms with Crippen molar-refractivity contribution >= 4 is 0 Å². The van der Waals surface area contributed by atoms with Crippen LogP contribution in [0.25, 0.3) is 0 Å². The molecule has 9 heavy (non-hydrogen) atoms. The van der Waals surface area contributed by atoms with Gasteiger partial charge in [0, 0.05) is 6.04 Å². The largest absolute Gasteiger partial charge is 0.327 e. The highest BCUT2D eigenvalue weighted by Crippen LogP contribution is 2.49. The van der Waals surface area contributed by atoms with Crippen LogP contribution in [0.15, 0.2) is 0 Å². The van der Waals surface area contributed by atoms with E-state index in [0.29, 0.717) is 6.04 Å². The Morgan fingerprint density at radius 3 is 2.56 bits per heavy atom. The zero-order valence-electron chi connectivity index (χ0n) is 6.01. The van der Waals surface area contributed by atoms with Crippen LogP contribution in [0.5, 0.6) is 0 Å². The molecule has 2 saturated carbocycles. The quantitative estimate of drug-likeness (QED) is 0.520. The lowest BCUT2D eigenvalue weighted by Crippen LogP contribution is -2.40. The molecule has 0 radical (unpaired) electrons. The van der Waals surface area contributed by atoms with Gasteiger partial charge in [0.15, 0.2) is 0 Å². The van der Waals surface area contributed by atoms with Crippen LogP contribution in [0.1, 0.15) is 26.2 Å². The van der Waals surface area contributed by atoms with E-state index in [2.05, 4.69) is 6.92 Å². The molecule has 2 rings (SSSR count). The van der Waals surface area contributed by atoms with Crippen molar-refractivity contribution in [1.82, 2.24) is 0 Å². The minimum absolute atomic E-state index is 0.554. The smallest absolute Gasteiger partial charge is 0.00724 e. The molecule has 0 unspecified atom stereocenters. The standard InChI is InChI=1S/C8H15N/c1-5-4-6-2-3-7(9)8(5)6/h5-8H,2-4,9H2,1H3/t5-,6+,7-,8-/m0/s1. The molecule has 1 heteroatoms. The van der Waals surface area contributed by atoms with Crippen LogP contribution in [0.4, 0.5) is 0 Å². The molecule has 4 atom stereocenters. The molecule has 2 N–H and O–H groups in total. The molecule has 0 spiro atoms. The van der Waals surface area contributed by atoms with Gasteiger partial charge in [-0.05, 0) is 37.0 Å². The summed E-state index contributed by atoms with van der Waals surface area (Å²) >= 11 is 0. The van der Waals surface area contributed by atoms with Crippen LogP contribution in [0.3, 0.4) is 0 Å². The Morgan fingerprint density at radius 2 is 2.11 bits per heavy atom. The second-order valence-corrected chi connectivity index (χ2v) is 3.79. The molecule has 52 valence electrons. The van der Waals surface area contributed by atoms with Gasteiger partial charge in [-0.2, -0.15) is 0 Å². The van der Waals surface area contributed by atoms with E-state index in [1.54, 1.807) is 0 Å². The Hall–Kier alpha value is -0.0400. The highest BCUT2D eigenvalue weighted by Gasteiger charge is 2.45. The van der Waals surface area contributed by atoms with Crippen LogP contribution in [-0.4, -0.2) is 6.04 Å². The highest BCUT2D eigenvalue weighted by molar-refractivity contribution is 4.98. The lowest BCUT2D eigenvalue weighted by Gasteiger charge is -2.40. The second-order valence-electron chi connectivity index (χ2n) is 3.79. The number of rotatable bonds is 0. The van der Waals surface area contributed by atoms with Gasteiger partial charge in [0.05, 0.1) is 0 Å². The fourth-order valence-electron chi connectivity index (χ4n) is 2.74. The van der Waals surface area contributed by atoms with E-state index in [-0.39, 0.29) is 0 Å². The van der Waals surface area contributed by atoms with Gasteiger partial charge in [0.1, 0.15) is 0 Å². The van der Waals surface area contributed by atoms with Gasteiger partial charge in [-0.25, -0.2) is 0 Å². The monoisotopic (exact) mass is 125 g/mol. The van der Waals surface area contributed by atoms with E-state index in [1.165, 1.54) is 19.3 Å². The first-order valence-corrected chi connectivity index (χ1v) is 4.04. The molecular weight excluding hydrogens is 110 g/mol. The van der Waals surface area contributed by atoms with Gasteiger partial charge < -0.3 is 5.73 Å². The van der Waals surface area contributed by atoms with Crippen LogP contribution in [0.2, 0.25) is 0 Å². The fourth-order valence-corrected chi connectivity index (χ4v) is 2.74. The summed E-state index contributed by atoms with van der Waals surface area (Å²) in [5.74, 6) is 2.87. The number of hydrogen-bond donors (Lipinski definition) is 1. The molecule has 0 heterocycles. The predicted molar refractivity (Wildman–Crippen MR) is 38.0 cm³/mol. The van der Waals surface area contributed by atoms with Crippen molar-refractivity contribution < 1.29 is 0 Å². The molecule has 2 aliphatic carbocycles. The SMILES string of the molecule is C[C@H]1C[C@H]2CC[C@H](N)[C@H]21. The topological polar surface area (TPSA) is 26.0 Å². The molecule has 0 bridgehead atoms. The molecule has 2 aliphatic rings. The molecule has 0 amide bonds. The van der Waals surface area contributed by atoms with Crippen molar-refractivity contribution in [3.8, 4) is 0 Å². The van der Waals surface area contributed by atoms with Gasteiger partial charge in [-0.15, -0.1) is 0 Å². The summed E-state index contributed by atoms with van der Waals surface area (Å²) < 4.78 is 0. The van der Waals surface area contributed by atoms with Gasteiger partial charge in [0.2, 0.25) is 0 Å². The maximum atomic E-state index is 5.91. The third kappa shape index (κ3) is 0.644. The Kier molecular flexibility index (Phi) is 1.10. The fraction of sp³-hybridized carbons (Fsp3) is 1.00. The molecule has 0 aromatic carbocycles. The number of fused-ring (bicyclic) bond motifs is 1. The maximum absolute atomic E-state index is 5.91. The molecule has 0 aromatic heterocycles. The van der Waals surface area contributed by atoms with Gasteiger partial charge in [0.25, 0.3) is 0 Å². The summed E-state index contributed by atoms with van der Waals surface area (Å²) in [7, 11) is 0. The molecular formula is C8H15N. The zero-order valence-corrected chi connectivity index (χ0v) is 6.01. The average molecular weight is 125 g/mol. The number of hydrogen-bond acceptors (Lipinski definition) is 1. The summed E-state index contributed by atoms with van der Waals surface area (Å²) in [6.45, 7) is 2.34. The van der Waals surface area contributed by atoms with Crippen molar-refractivity contribution in [1.29, 1.82) is 0 Å². The third-order valence-electron chi connectivity index (χ3n) is 3.24. The lowest BCUT2D eigenvalue weighted by molar-refractivity contribution is 0.108. The number of nitrogens with two attached hydrogens (primary N) is 1. The predicted octanol–water partition coefficient (Wildman–Crippen LogP) is 1.38. The van der Waals surface area contributed by atoms with Gasteiger partial charge in [-0.3, -0.25) is 0 Å². The Bertz CT molecular complexity index is 113. The van der Waals surface area contributed by atoms with Crippen LogP contribution < -0.4 is 5.73 Å². The minimum Gasteiger partial charge on any atom is -0.327 e. The molecule has 0 aliphatic heterocycles. The normalized spacial score (nSPS) is 56.7. The summed E-state index contributed by atoms with van der Waals surface area (Å²) in [4.78, 5) is 0. The average Bonchev–Trinajstić information content (AvgIpc) is 2.04. The Balaban J connectivity index is 2.06. The molecule has 2 fully saturated rings. The molecule has 0 saturated heterocycles. The summed E-state index contributed by atoms with van der Waals surface area (Å²) in [6.07, 6.45) is 4.16. The van der Waals surface area contributed by atoms with E-state index in [4.69, 9.17) is 5.73 Å². The molecule has 1 nitrogen and oxygen atoms in total. The Morgan fingerprint density at radius 1 is 1.33 bits per heavy atom. The third-order valence-corrected chi connectivity index (χ3v) is 3.24. The van der Waals surface area contributed by atoms with Crippen molar-refractivity contribution in [3.63, 3.8) is 0 Å². The van der Waals surface area contributed by atoms with E-state index >= 15 is 0 Å². The van der Waals surface area contributed by atoms with Crippen LogP contribution in [-0.2, 0) is 0 Å². The minimum atomic E-state index is 0.554. The summed E-state index contributed by atoms with van der Waals surface area (Å²) in [6, 6.07) is 0.554. The van der Waals surface area contributed by atoms with Gasteiger partial charge in [-0.1, -0.05) is 6.92 Å². The maximum Gasteiger partial charge on any atom is 0.00724 e. The van der Waals surface area contributed by atoms with Crippen molar-refractivity contribution in [3.05, 3.63) is 0 Å². The second kappa shape index (κ2) is 1.72. The first-order chi connectivity index (χ1) is 4.29.